The van der Waals surface area contributed by atoms with Gasteiger partial charge in [0, 0.05) is 13.1 Å². The maximum atomic E-state index is 8.76. The first-order chi connectivity index (χ1) is 10.3. The molecular formula is C17H21ClNO3-. The van der Waals surface area contributed by atoms with Gasteiger partial charge in [-0.2, -0.15) is 0 Å². The number of nitrogens with one attached hydrogen (secondary N) is 1. The number of aliphatic hydroxyl groups excluding tert-OH is 1. The van der Waals surface area contributed by atoms with Gasteiger partial charge in [0.25, 0.3) is 0 Å². The highest BCUT2D eigenvalue weighted by Gasteiger charge is 2.06. The van der Waals surface area contributed by atoms with Crippen LogP contribution in [0.2, 0.25) is 0 Å². The quantitative estimate of drug-likeness (QED) is 0.635. The van der Waals surface area contributed by atoms with Gasteiger partial charge in [0.15, 0.2) is 11.5 Å². The fourth-order valence-electron chi connectivity index (χ4n) is 1.99. The summed E-state index contributed by atoms with van der Waals surface area (Å²) in [5.74, 6) is 1.45. The van der Waals surface area contributed by atoms with Crippen molar-refractivity contribution in [3.8, 4) is 11.5 Å². The minimum Gasteiger partial charge on any atom is -1.00 e. The molecule has 0 aliphatic rings. The number of methoxy groups -OCH3 is 1. The molecule has 0 spiro atoms. The highest BCUT2D eigenvalue weighted by atomic mass is 35.5. The second-order valence-electron chi connectivity index (χ2n) is 4.66. The van der Waals surface area contributed by atoms with Gasteiger partial charge in [-0.15, -0.1) is 0 Å². The third kappa shape index (κ3) is 5.56. The molecule has 120 valence electrons. The summed E-state index contributed by atoms with van der Waals surface area (Å²) in [6.45, 7) is 1.92. The lowest BCUT2D eigenvalue weighted by Gasteiger charge is -2.12. The van der Waals surface area contributed by atoms with E-state index in [9.17, 15) is 0 Å². The van der Waals surface area contributed by atoms with Crippen LogP contribution < -0.4 is 27.2 Å². The average molecular weight is 323 g/mol. The number of hydrogen-bond acceptors (Lipinski definition) is 4. The van der Waals surface area contributed by atoms with Crippen molar-refractivity contribution in [1.82, 2.24) is 5.32 Å². The first-order valence-corrected chi connectivity index (χ1v) is 6.98. The minimum absolute atomic E-state index is 0. The highest BCUT2D eigenvalue weighted by molar-refractivity contribution is 5.43. The summed E-state index contributed by atoms with van der Waals surface area (Å²) in [6.07, 6.45) is 0. The van der Waals surface area contributed by atoms with E-state index in [0.29, 0.717) is 25.4 Å². The van der Waals surface area contributed by atoms with Crippen molar-refractivity contribution < 1.29 is 27.0 Å². The summed E-state index contributed by atoms with van der Waals surface area (Å²) in [7, 11) is 1.63. The Balaban J connectivity index is 0.00000242. The highest BCUT2D eigenvalue weighted by Crippen LogP contribution is 2.28. The standard InChI is InChI=1S/C17H21NO3.ClH/c1-20-17-11-15(12-18-9-10-19)7-8-16(17)21-13-14-5-3-2-4-6-14;/h2-8,11,18-19H,9-10,12-13H2,1H3;1H/p-1. The van der Waals surface area contributed by atoms with E-state index < -0.39 is 0 Å². The first kappa shape index (κ1) is 18.3. The normalized spacial score (nSPS) is 9.91. The smallest absolute Gasteiger partial charge is 0.161 e. The Bertz CT molecular complexity index is 549. The van der Waals surface area contributed by atoms with Gasteiger partial charge in [-0.25, -0.2) is 0 Å². The lowest BCUT2D eigenvalue weighted by Crippen LogP contribution is -3.00. The summed E-state index contributed by atoms with van der Waals surface area (Å²) >= 11 is 0. The molecule has 2 N–H and O–H groups in total. The molecule has 4 nitrogen and oxygen atoms in total. The number of aliphatic hydroxyl groups is 1. The Morgan fingerprint density at radius 2 is 1.77 bits per heavy atom. The van der Waals surface area contributed by atoms with Gasteiger partial charge < -0.3 is 32.3 Å². The Kier molecular flexibility index (Phi) is 8.36. The molecule has 0 unspecified atom stereocenters. The Morgan fingerprint density at radius 3 is 2.45 bits per heavy atom. The molecule has 2 aromatic carbocycles. The molecule has 0 saturated carbocycles. The third-order valence-corrected chi connectivity index (χ3v) is 3.08. The second-order valence-corrected chi connectivity index (χ2v) is 4.66. The fraction of sp³-hybridized carbons (Fsp3) is 0.294. The molecule has 0 bridgehead atoms. The molecule has 0 radical (unpaired) electrons. The molecule has 0 saturated heterocycles. The predicted molar refractivity (Wildman–Crippen MR) is 82.6 cm³/mol. The van der Waals surface area contributed by atoms with Crippen LogP contribution in [0, 0.1) is 0 Å². The fourth-order valence-corrected chi connectivity index (χ4v) is 1.99. The molecule has 0 fully saturated rings. The second kappa shape index (κ2) is 10.1. The van der Waals surface area contributed by atoms with E-state index in [-0.39, 0.29) is 19.0 Å². The zero-order chi connectivity index (χ0) is 14.9. The van der Waals surface area contributed by atoms with Crippen LogP contribution in [0.5, 0.6) is 11.5 Å². The summed E-state index contributed by atoms with van der Waals surface area (Å²) in [6, 6.07) is 15.9. The number of rotatable bonds is 8. The van der Waals surface area contributed by atoms with E-state index in [1.807, 2.05) is 48.5 Å². The van der Waals surface area contributed by atoms with E-state index in [1.54, 1.807) is 7.11 Å². The maximum Gasteiger partial charge on any atom is 0.161 e. The zero-order valence-corrected chi connectivity index (χ0v) is 13.3. The van der Waals surface area contributed by atoms with Crippen molar-refractivity contribution in [3.63, 3.8) is 0 Å². The molecule has 5 heteroatoms. The SMILES string of the molecule is COc1cc(CNCCO)ccc1OCc1ccccc1.[Cl-]. The first-order valence-electron chi connectivity index (χ1n) is 6.98. The monoisotopic (exact) mass is 322 g/mol. The third-order valence-electron chi connectivity index (χ3n) is 3.08. The van der Waals surface area contributed by atoms with Crippen molar-refractivity contribution in [3.05, 3.63) is 59.7 Å². The molecule has 0 aliphatic carbocycles. The number of halogens is 1. The summed E-state index contributed by atoms with van der Waals surface area (Å²) in [5, 5.41) is 11.9. The molecule has 0 amide bonds. The number of hydrogen-bond donors (Lipinski definition) is 2. The molecule has 0 heterocycles. The van der Waals surface area contributed by atoms with Gasteiger partial charge in [0.05, 0.1) is 13.7 Å². The predicted octanol–water partition coefficient (Wildman–Crippen LogP) is -0.640. The number of ether oxygens (including phenoxy) is 2. The van der Waals surface area contributed by atoms with E-state index in [4.69, 9.17) is 14.6 Å². The van der Waals surface area contributed by atoms with Gasteiger partial charge in [-0.3, -0.25) is 0 Å². The summed E-state index contributed by atoms with van der Waals surface area (Å²) < 4.78 is 11.2. The van der Waals surface area contributed by atoms with Gasteiger partial charge in [-0.1, -0.05) is 36.4 Å². The van der Waals surface area contributed by atoms with Crippen LogP contribution >= 0.6 is 0 Å². The summed E-state index contributed by atoms with van der Waals surface area (Å²) in [5.41, 5.74) is 2.21. The molecule has 0 aromatic heterocycles. The summed E-state index contributed by atoms with van der Waals surface area (Å²) in [4.78, 5) is 0. The minimum atomic E-state index is 0. The van der Waals surface area contributed by atoms with Gasteiger partial charge in [-0.05, 0) is 23.3 Å². The van der Waals surface area contributed by atoms with Crippen LogP contribution in [0.3, 0.4) is 0 Å². The van der Waals surface area contributed by atoms with Crippen molar-refractivity contribution in [2.45, 2.75) is 13.2 Å². The van der Waals surface area contributed by atoms with Crippen molar-refractivity contribution in [1.29, 1.82) is 0 Å². The molecule has 0 aliphatic heterocycles. The van der Waals surface area contributed by atoms with Gasteiger partial charge in [0.2, 0.25) is 0 Å². The van der Waals surface area contributed by atoms with Crippen molar-refractivity contribution in [2.75, 3.05) is 20.3 Å². The van der Waals surface area contributed by atoms with E-state index in [0.717, 1.165) is 16.9 Å². The zero-order valence-electron chi connectivity index (χ0n) is 12.6. The molecule has 22 heavy (non-hydrogen) atoms. The maximum absolute atomic E-state index is 8.76. The molecule has 2 aromatic rings. The van der Waals surface area contributed by atoms with E-state index in [2.05, 4.69) is 5.32 Å². The largest absolute Gasteiger partial charge is 1.00 e. The average Bonchev–Trinajstić information content (AvgIpc) is 2.54. The Morgan fingerprint density at radius 1 is 1.00 bits per heavy atom. The number of benzene rings is 2. The van der Waals surface area contributed by atoms with E-state index in [1.165, 1.54) is 0 Å². The van der Waals surface area contributed by atoms with E-state index >= 15 is 0 Å². The van der Waals surface area contributed by atoms with Gasteiger partial charge in [0.1, 0.15) is 6.61 Å². The Labute approximate surface area is 137 Å². The topological polar surface area (TPSA) is 50.7 Å². The van der Waals surface area contributed by atoms with Crippen LogP contribution in [-0.2, 0) is 13.2 Å². The van der Waals surface area contributed by atoms with Crippen LogP contribution in [-0.4, -0.2) is 25.4 Å². The Hall–Kier alpha value is -1.75. The van der Waals surface area contributed by atoms with Crippen LogP contribution in [0.4, 0.5) is 0 Å². The van der Waals surface area contributed by atoms with Crippen LogP contribution in [0.1, 0.15) is 11.1 Å². The van der Waals surface area contributed by atoms with Crippen LogP contribution in [0.15, 0.2) is 48.5 Å². The van der Waals surface area contributed by atoms with Crippen molar-refractivity contribution in [2.24, 2.45) is 0 Å². The lowest BCUT2D eigenvalue weighted by molar-refractivity contribution is -0.00000593. The lowest BCUT2D eigenvalue weighted by atomic mass is 10.2. The molecule has 0 atom stereocenters. The molecule has 2 rings (SSSR count). The van der Waals surface area contributed by atoms with Crippen molar-refractivity contribution >= 4 is 0 Å². The van der Waals surface area contributed by atoms with Crippen LogP contribution in [0.25, 0.3) is 0 Å². The molecular weight excluding hydrogens is 302 g/mol. The van der Waals surface area contributed by atoms with Gasteiger partial charge >= 0.3 is 0 Å².